The van der Waals surface area contributed by atoms with E-state index in [0.717, 1.165) is 0 Å². The fraction of sp³-hybridized carbons (Fsp3) is 0.231. The lowest BCUT2D eigenvalue weighted by Crippen LogP contribution is -2.33. The largest absolute Gasteiger partial charge is 0.330 e. The summed E-state index contributed by atoms with van der Waals surface area (Å²) in [7, 11) is 0. The average molecular weight is 308 g/mol. The topological polar surface area (TPSA) is 103 Å². The van der Waals surface area contributed by atoms with Gasteiger partial charge in [0, 0.05) is 23.2 Å². The molecule has 0 fully saturated rings. The van der Waals surface area contributed by atoms with Crippen molar-refractivity contribution in [3.63, 3.8) is 0 Å². The number of amides is 2. The van der Waals surface area contributed by atoms with E-state index in [0.29, 0.717) is 29.2 Å². The number of hydrogen-bond acceptors (Lipinski definition) is 5. The van der Waals surface area contributed by atoms with Gasteiger partial charge in [0.25, 0.3) is 5.91 Å². The molecule has 0 saturated carbocycles. The molecule has 0 radical (unpaired) electrons. The Morgan fingerprint density at radius 2 is 2.00 bits per heavy atom. The van der Waals surface area contributed by atoms with Crippen LogP contribution in [0.25, 0.3) is 0 Å². The van der Waals surface area contributed by atoms with Crippen LogP contribution in [0.1, 0.15) is 16.1 Å². The summed E-state index contributed by atoms with van der Waals surface area (Å²) in [5.41, 5.74) is 6.46. The van der Waals surface area contributed by atoms with Gasteiger partial charge in [0.15, 0.2) is 0 Å². The Kier molecular flexibility index (Phi) is 5.02. The maximum atomic E-state index is 11.8. The van der Waals surface area contributed by atoms with Crippen LogP contribution < -0.4 is 11.1 Å². The summed E-state index contributed by atoms with van der Waals surface area (Å²) < 4.78 is 1.36. The van der Waals surface area contributed by atoms with Crippen molar-refractivity contribution in [2.75, 3.05) is 6.54 Å². The number of halogens is 1. The number of aromatic nitrogens is 3. The van der Waals surface area contributed by atoms with Gasteiger partial charge in [-0.1, -0.05) is 16.8 Å². The Balaban J connectivity index is 1.91. The zero-order chi connectivity index (χ0) is 15.2. The molecule has 1 aromatic carbocycles. The lowest BCUT2D eigenvalue weighted by Gasteiger charge is -2.04. The molecule has 21 heavy (non-hydrogen) atoms. The molecule has 0 aliphatic heterocycles. The molecule has 2 rings (SSSR count). The average Bonchev–Trinajstić information content (AvgIpc) is 2.87. The normalized spacial score (nSPS) is 10.4. The van der Waals surface area contributed by atoms with Gasteiger partial charge >= 0.3 is 0 Å². The molecule has 1 heterocycles. The lowest BCUT2D eigenvalue weighted by atomic mass is 10.2. The van der Waals surface area contributed by atoms with E-state index < -0.39 is 11.8 Å². The van der Waals surface area contributed by atoms with E-state index in [9.17, 15) is 9.59 Å². The Morgan fingerprint density at radius 1 is 1.29 bits per heavy atom. The van der Waals surface area contributed by atoms with Crippen molar-refractivity contribution >= 4 is 23.4 Å². The number of nitrogens with one attached hydrogen (secondary N) is 1. The summed E-state index contributed by atoms with van der Waals surface area (Å²) in [6.07, 6.45) is 2.21. The van der Waals surface area contributed by atoms with Gasteiger partial charge < -0.3 is 5.73 Å². The van der Waals surface area contributed by atoms with Crippen molar-refractivity contribution in [1.82, 2.24) is 20.3 Å². The first-order valence-electron chi connectivity index (χ1n) is 6.27. The minimum Gasteiger partial charge on any atom is -0.330 e. The second-order valence-electron chi connectivity index (χ2n) is 4.33. The summed E-state index contributed by atoms with van der Waals surface area (Å²) in [6, 6.07) is 6.24. The fourth-order valence-electron chi connectivity index (χ4n) is 1.66. The molecule has 8 heteroatoms. The minimum absolute atomic E-state index is 0.0864. The predicted octanol–water partition coefficient (Wildman–Crippen LogP) is 0.389. The zero-order valence-corrected chi connectivity index (χ0v) is 11.9. The first-order valence-corrected chi connectivity index (χ1v) is 6.65. The van der Waals surface area contributed by atoms with Crippen LogP contribution in [0.4, 0.5) is 0 Å². The molecular formula is C13H14ClN5O2. The molecule has 0 saturated heterocycles. The van der Waals surface area contributed by atoms with Crippen LogP contribution >= 0.6 is 11.6 Å². The van der Waals surface area contributed by atoms with E-state index in [1.807, 2.05) is 0 Å². The van der Waals surface area contributed by atoms with Gasteiger partial charge in [-0.2, -0.15) is 0 Å². The third-order valence-electron chi connectivity index (χ3n) is 2.65. The monoisotopic (exact) mass is 307 g/mol. The number of nitrogens with two attached hydrogens (primary N) is 1. The van der Waals surface area contributed by atoms with Gasteiger partial charge in [-0.25, -0.2) is 4.68 Å². The summed E-state index contributed by atoms with van der Waals surface area (Å²) in [5.74, 6) is -0.960. The van der Waals surface area contributed by atoms with E-state index in [-0.39, 0.29) is 6.54 Å². The van der Waals surface area contributed by atoms with Gasteiger partial charge in [-0.3, -0.25) is 14.9 Å². The van der Waals surface area contributed by atoms with Crippen molar-refractivity contribution in [2.24, 2.45) is 5.73 Å². The van der Waals surface area contributed by atoms with Crippen LogP contribution in [-0.4, -0.2) is 33.4 Å². The number of carbonyl (C=O) groups excluding carboxylic acids is 2. The standard InChI is InChI=1S/C13H14ClN5O2/c14-10-3-1-9(2-4-10)13(21)16-12(20)8-19-7-11(5-6-15)17-18-19/h1-4,7H,5-6,8,15H2,(H,16,20,21). The van der Waals surface area contributed by atoms with Crippen molar-refractivity contribution in [2.45, 2.75) is 13.0 Å². The SMILES string of the molecule is NCCc1cn(CC(=O)NC(=O)c2ccc(Cl)cc2)nn1. The summed E-state index contributed by atoms with van der Waals surface area (Å²) >= 11 is 5.73. The van der Waals surface area contributed by atoms with Gasteiger partial charge in [0.05, 0.1) is 5.69 Å². The number of carbonyl (C=O) groups is 2. The maximum absolute atomic E-state index is 11.8. The molecule has 1 aromatic heterocycles. The number of benzene rings is 1. The molecule has 0 aliphatic carbocycles. The van der Waals surface area contributed by atoms with Gasteiger partial charge in [0.2, 0.25) is 5.91 Å². The third kappa shape index (κ3) is 4.37. The van der Waals surface area contributed by atoms with Crippen LogP contribution in [0.5, 0.6) is 0 Å². The molecule has 7 nitrogen and oxygen atoms in total. The highest BCUT2D eigenvalue weighted by Crippen LogP contribution is 2.09. The quantitative estimate of drug-likeness (QED) is 0.831. The van der Waals surface area contributed by atoms with Crippen molar-refractivity contribution in [3.8, 4) is 0 Å². The van der Waals surface area contributed by atoms with Crippen LogP contribution in [-0.2, 0) is 17.8 Å². The second-order valence-corrected chi connectivity index (χ2v) is 4.77. The summed E-state index contributed by atoms with van der Waals surface area (Å²) in [6.45, 7) is 0.372. The predicted molar refractivity (Wildman–Crippen MR) is 76.7 cm³/mol. The molecule has 0 bridgehead atoms. The second kappa shape index (κ2) is 6.96. The highest BCUT2D eigenvalue weighted by atomic mass is 35.5. The van der Waals surface area contributed by atoms with Crippen LogP contribution in [0.2, 0.25) is 5.02 Å². The van der Waals surface area contributed by atoms with Gasteiger partial charge in [-0.05, 0) is 30.8 Å². The number of nitrogens with zero attached hydrogens (tertiary/aromatic N) is 3. The van der Waals surface area contributed by atoms with E-state index in [1.54, 1.807) is 30.5 Å². The molecule has 110 valence electrons. The van der Waals surface area contributed by atoms with Gasteiger partial charge in [-0.15, -0.1) is 5.10 Å². The van der Waals surface area contributed by atoms with E-state index in [1.165, 1.54) is 4.68 Å². The van der Waals surface area contributed by atoms with E-state index in [4.69, 9.17) is 17.3 Å². The maximum Gasteiger partial charge on any atom is 0.257 e. The smallest absolute Gasteiger partial charge is 0.257 e. The highest BCUT2D eigenvalue weighted by Gasteiger charge is 2.11. The van der Waals surface area contributed by atoms with Crippen molar-refractivity contribution in [3.05, 3.63) is 46.7 Å². The summed E-state index contributed by atoms with van der Waals surface area (Å²) in [4.78, 5) is 23.6. The fourth-order valence-corrected chi connectivity index (χ4v) is 1.79. The Hall–Kier alpha value is -2.25. The van der Waals surface area contributed by atoms with Crippen LogP contribution in [0, 0.1) is 0 Å². The molecule has 0 aliphatic rings. The molecule has 2 amide bonds. The van der Waals surface area contributed by atoms with E-state index in [2.05, 4.69) is 15.6 Å². The zero-order valence-electron chi connectivity index (χ0n) is 11.1. The first kappa shape index (κ1) is 15.1. The molecular weight excluding hydrogens is 294 g/mol. The number of hydrogen-bond donors (Lipinski definition) is 2. The molecule has 3 N–H and O–H groups in total. The Bertz CT molecular complexity index is 638. The van der Waals surface area contributed by atoms with E-state index >= 15 is 0 Å². The highest BCUT2D eigenvalue weighted by molar-refractivity contribution is 6.30. The molecule has 0 unspecified atom stereocenters. The molecule has 0 spiro atoms. The van der Waals surface area contributed by atoms with Crippen LogP contribution in [0.3, 0.4) is 0 Å². The first-order chi connectivity index (χ1) is 10.1. The lowest BCUT2D eigenvalue weighted by molar-refractivity contribution is -0.120. The number of imide groups is 1. The third-order valence-corrected chi connectivity index (χ3v) is 2.90. The number of rotatable bonds is 5. The van der Waals surface area contributed by atoms with Crippen LogP contribution in [0.15, 0.2) is 30.5 Å². The van der Waals surface area contributed by atoms with Crippen molar-refractivity contribution < 1.29 is 9.59 Å². The van der Waals surface area contributed by atoms with Gasteiger partial charge in [0.1, 0.15) is 6.54 Å². The van der Waals surface area contributed by atoms with Crippen molar-refractivity contribution in [1.29, 1.82) is 0 Å². The Morgan fingerprint density at radius 3 is 2.67 bits per heavy atom. The minimum atomic E-state index is -0.487. The Labute approximate surface area is 126 Å². The molecule has 0 atom stereocenters. The summed E-state index contributed by atoms with van der Waals surface area (Å²) in [5, 5.41) is 10.4. The molecule has 2 aromatic rings.